The fourth-order valence-corrected chi connectivity index (χ4v) is 2.80. The third-order valence-electron chi connectivity index (χ3n) is 3.17. The van der Waals surface area contributed by atoms with Gasteiger partial charge in [0.2, 0.25) is 0 Å². The molecule has 1 unspecified atom stereocenters. The van der Waals surface area contributed by atoms with Gasteiger partial charge in [0.1, 0.15) is 5.01 Å². The van der Waals surface area contributed by atoms with Crippen LogP contribution in [0.5, 0.6) is 0 Å². The minimum atomic E-state index is 0.164. The van der Waals surface area contributed by atoms with Gasteiger partial charge < -0.3 is 5.32 Å². The Morgan fingerprint density at radius 2 is 2.06 bits per heavy atom. The van der Waals surface area contributed by atoms with Gasteiger partial charge in [-0.2, -0.15) is 0 Å². The lowest BCUT2D eigenvalue weighted by atomic mass is 10.0. The molecule has 17 heavy (non-hydrogen) atoms. The second-order valence-corrected chi connectivity index (χ2v) is 6.19. The van der Waals surface area contributed by atoms with E-state index in [0.717, 1.165) is 11.9 Å². The largest absolute Gasteiger partial charge is 0.303 e. The molecule has 1 atom stereocenters. The third-order valence-corrected chi connectivity index (χ3v) is 4.39. The summed E-state index contributed by atoms with van der Waals surface area (Å²) in [6.07, 6.45) is 1.11. The maximum absolute atomic E-state index is 4.69. The topological polar surface area (TPSA) is 24.9 Å². The van der Waals surface area contributed by atoms with Crippen molar-refractivity contribution in [2.45, 2.75) is 45.7 Å². The van der Waals surface area contributed by atoms with Crippen LogP contribution in [0.4, 0.5) is 0 Å². The van der Waals surface area contributed by atoms with Crippen molar-refractivity contribution in [3.05, 3.63) is 29.3 Å². The van der Waals surface area contributed by atoms with Crippen molar-refractivity contribution in [3.63, 3.8) is 0 Å². The van der Waals surface area contributed by atoms with Crippen LogP contribution in [-0.2, 0) is 0 Å². The molecule has 0 saturated heterocycles. The lowest BCUT2D eigenvalue weighted by molar-refractivity contribution is 0.337. The zero-order valence-corrected chi connectivity index (χ0v) is 11.8. The summed E-state index contributed by atoms with van der Waals surface area (Å²) in [4.78, 5) is 4.69. The quantitative estimate of drug-likeness (QED) is 0.879. The molecule has 0 aliphatic heterocycles. The molecule has 0 saturated carbocycles. The Morgan fingerprint density at radius 1 is 1.35 bits per heavy atom. The van der Waals surface area contributed by atoms with Gasteiger partial charge in [-0.25, -0.2) is 4.98 Å². The molecule has 0 aliphatic rings. The second-order valence-electron chi connectivity index (χ2n) is 5.12. The predicted molar refractivity (Wildman–Crippen MR) is 75.5 cm³/mol. The van der Waals surface area contributed by atoms with Crippen LogP contribution in [0.25, 0.3) is 10.2 Å². The molecule has 92 valence electrons. The highest BCUT2D eigenvalue weighted by molar-refractivity contribution is 7.18. The van der Waals surface area contributed by atoms with E-state index in [4.69, 9.17) is 0 Å². The van der Waals surface area contributed by atoms with Crippen LogP contribution in [0.1, 0.15) is 45.2 Å². The monoisotopic (exact) mass is 248 g/mol. The van der Waals surface area contributed by atoms with E-state index in [-0.39, 0.29) is 5.54 Å². The molecule has 1 N–H and O–H groups in total. The summed E-state index contributed by atoms with van der Waals surface area (Å²) in [7, 11) is 0. The van der Waals surface area contributed by atoms with Crippen molar-refractivity contribution in [3.8, 4) is 0 Å². The highest BCUT2D eigenvalue weighted by Gasteiger charge is 2.20. The summed E-state index contributed by atoms with van der Waals surface area (Å²) in [6, 6.07) is 8.63. The van der Waals surface area contributed by atoms with Crippen LogP contribution in [-0.4, -0.2) is 10.5 Å². The molecule has 1 aromatic heterocycles. The maximum atomic E-state index is 4.69. The lowest BCUT2D eigenvalue weighted by Crippen LogP contribution is -2.40. The van der Waals surface area contributed by atoms with Crippen LogP contribution in [0, 0.1) is 0 Å². The highest BCUT2D eigenvalue weighted by Crippen LogP contribution is 2.27. The number of benzene rings is 1. The average molecular weight is 248 g/mol. The fraction of sp³-hybridized carbons (Fsp3) is 0.500. The van der Waals surface area contributed by atoms with E-state index in [0.29, 0.717) is 6.04 Å². The summed E-state index contributed by atoms with van der Waals surface area (Å²) in [5.41, 5.74) is 1.27. The van der Waals surface area contributed by atoms with Crippen molar-refractivity contribution in [1.82, 2.24) is 10.3 Å². The highest BCUT2D eigenvalue weighted by atomic mass is 32.1. The van der Waals surface area contributed by atoms with E-state index in [2.05, 4.69) is 56.2 Å². The Balaban J connectivity index is 2.22. The molecular weight excluding hydrogens is 228 g/mol. The number of hydrogen-bond acceptors (Lipinski definition) is 3. The first-order valence-corrected chi connectivity index (χ1v) is 6.96. The normalized spacial score (nSPS) is 14.1. The first-order valence-electron chi connectivity index (χ1n) is 6.15. The Bertz CT molecular complexity index is 469. The van der Waals surface area contributed by atoms with Gasteiger partial charge in [0.05, 0.1) is 16.3 Å². The number of nitrogens with one attached hydrogen (secondary N) is 1. The van der Waals surface area contributed by atoms with Crippen molar-refractivity contribution in [2.75, 3.05) is 0 Å². The second kappa shape index (κ2) is 4.75. The molecule has 3 heteroatoms. The van der Waals surface area contributed by atoms with Gasteiger partial charge in [0.15, 0.2) is 0 Å². The smallest absolute Gasteiger partial charge is 0.111 e. The van der Waals surface area contributed by atoms with Crippen molar-refractivity contribution in [1.29, 1.82) is 0 Å². The molecule has 0 amide bonds. The molecule has 0 spiro atoms. The van der Waals surface area contributed by atoms with Crippen molar-refractivity contribution >= 4 is 21.6 Å². The van der Waals surface area contributed by atoms with Crippen LogP contribution >= 0.6 is 11.3 Å². The number of hydrogen-bond donors (Lipinski definition) is 1. The van der Waals surface area contributed by atoms with Crippen molar-refractivity contribution in [2.24, 2.45) is 0 Å². The molecule has 0 aliphatic carbocycles. The fourth-order valence-electron chi connectivity index (χ4n) is 1.83. The van der Waals surface area contributed by atoms with Crippen LogP contribution in [0.2, 0.25) is 0 Å². The summed E-state index contributed by atoms with van der Waals surface area (Å²) in [5, 5.41) is 4.80. The molecule has 0 bridgehead atoms. The number of aromatic nitrogens is 1. The Kier molecular flexibility index (Phi) is 3.50. The van der Waals surface area contributed by atoms with Gasteiger partial charge in [-0.3, -0.25) is 0 Å². The van der Waals surface area contributed by atoms with Gasteiger partial charge in [-0.05, 0) is 39.3 Å². The number of nitrogens with zero attached hydrogens (tertiary/aromatic N) is 1. The third kappa shape index (κ3) is 2.85. The van der Waals surface area contributed by atoms with Crippen LogP contribution in [0.3, 0.4) is 0 Å². The minimum Gasteiger partial charge on any atom is -0.303 e. The average Bonchev–Trinajstić information content (AvgIpc) is 2.72. The number of fused-ring (bicyclic) bond motifs is 1. The molecule has 0 fully saturated rings. The number of rotatable bonds is 4. The summed E-state index contributed by atoms with van der Waals surface area (Å²) >= 11 is 1.78. The predicted octanol–water partition coefficient (Wildman–Crippen LogP) is 4.14. The van der Waals surface area contributed by atoms with E-state index in [9.17, 15) is 0 Å². The van der Waals surface area contributed by atoms with Gasteiger partial charge in [0, 0.05) is 5.54 Å². The molecule has 1 heterocycles. The zero-order valence-electron chi connectivity index (χ0n) is 10.9. The lowest BCUT2D eigenvalue weighted by Gasteiger charge is -2.28. The zero-order chi connectivity index (χ0) is 12.5. The molecule has 0 radical (unpaired) electrons. The van der Waals surface area contributed by atoms with E-state index >= 15 is 0 Å². The Morgan fingerprint density at radius 3 is 2.71 bits per heavy atom. The van der Waals surface area contributed by atoms with Crippen molar-refractivity contribution < 1.29 is 0 Å². The Hall–Kier alpha value is -0.930. The number of thiazole rings is 1. The summed E-state index contributed by atoms with van der Waals surface area (Å²) in [5.74, 6) is 0. The van der Waals surface area contributed by atoms with E-state index in [1.54, 1.807) is 11.3 Å². The SMILES string of the molecule is CCC(C)(C)NC(C)c1nc2ccccc2s1. The van der Waals surface area contributed by atoms with E-state index < -0.39 is 0 Å². The number of para-hydroxylation sites is 1. The van der Waals surface area contributed by atoms with E-state index in [1.165, 1.54) is 9.71 Å². The van der Waals surface area contributed by atoms with Gasteiger partial charge in [-0.1, -0.05) is 19.1 Å². The maximum Gasteiger partial charge on any atom is 0.111 e. The van der Waals surface area contributed by atoms with Gasteiger partial charge >= 0.3 is 0 Å². The summed E-state index contributed by atoms with van der Waals surface area (Å²) in [6.45, 7) is 8.86. The van der Waals surface area contributed by atoms with Gasteiger partial charge in [-0.15, -0.1) is 11.3 Å². The summed E-state index contributed by atoms with van der Waals surface area (Å²) < 4.78 is 1.27. The molecule has 2 rings (SSSR count). The molecule has 1 aromatic carbocycles. The molecule has 2 aromatic rings. The van der Waals surface area contributed by atoms with Gasteiger partial charge in [0.25, 0.3) is 0 Å². The molecule has 2 nitrogen and oxygen atoms in total. The minimum absolute atomic E-state index is 0.164. The van der Waals surface area contributed by atoms with E-state index in [1.807, 2.05) is 6.07 Å². The standard InChI is InChI=1S/C14H20N2S/c1-5-14(3,4)16-10(2)13-15-11-8-6-7-9-12(11)17-13/h6-10,16H,5H2,1-4H3. The first-order chi connectivity index (χ1) is 8.02. The van der Waals surface area contributed by atoms with Crippen LogP contribution in [0.15, 0.2) is 24.3 Å². The van der Waals surface area contributed by atoms with Crippen LogP contribution < -0.4 is 5.32 Å². The Labute approximate surface area is 107 Å². The molecular formula is C14H20N2S. The first kappa shape index (κ1) is 12.5.